The van der Waals surface area contributed by atoms with Crippen LogP contribution in [-0.4, -0.2) is 33.8 Å². The fourth-order valence-electron chi connectivity index (χ4n) is 2.22. The van der Waals surface area contributed by atoms with E-state index < -0.39 is 0 Å². The van der Waals surface area contributed by atoms with Gasteiger partial charge in [0.25, 0.3) is 0 Å². The van der Waals surface area contributed by atoms with Crippen LogP contribution in [0, 0.1) is 6.92 Å². The van der Waals surface area contributed by atoms with Crippen molar-refractivity contribution in [2.24, 2.45) is 12.0 Å². The van der Waals surface area contributed by atoms with E-state index in [0.717, 1.165) is 24.9 Å². The molecule has 6 heteroatoms. The van der Waals surface area contributed by atoms with Crippen LogP contribution in [0.25, 0.3) is 0 Å². The van der Waals surface area contributed by atoms with Gasteiger partial charge < -0.3 is 10.6 Å². The van der Waals surface area contributed by atoms with Gasteiger partial charge in [-0.05, 0) is 25.3 Å². The van der Waals surface area contributed by atoms with Gasteiger partial charge in [-0.2, -0.15) is 5.10 Å². The summed E-state index contributed by atoms with van der Waals surface area (Å²) >= 11 is 0. The topological polar surface area (TPSA) is 67.1 Å². The zero-order chi connectivity index (χ0) is 16.7. The van der Waals surface area contributed by atoms with Gasteiger partial charge in [0.05, 0.1) is 0 Å². The summed E-state index contributed by atoms with van der Waals surface area (Å²) in [5.41, 5.74) is 2.61. The van der Waals surface area contributed by atoms with Gasteiger partial charge in [-0.3, -0.25) is 4.68 Å². The zero-order valence-corrected chi connectivity index (χ0v) is 14.4. The lowest BCUT2D eigenvalue weighted by atomic mass is 10.0. The van der Waals surface area contributed by atoms with Crippen LogP contribution in [0.2, 0.25) is 0 Å². The fraction of sp³-hybridized carbons (Fsp3) is 0.471. The summed E-state index contributed by atoms with van der Waals surface area (Å²) in [5.74, 6) is 2.05. The van der Waals surface area contributed by atoms with Gasteiger partial charge in [0.2, 0.25) is 0 Å². The molecule has 1 aromatic heterocycles. The highest BCUT2D eigenvalue weighted by molar-refractivity contribution is 5.79. The molecular weight excluding hydrogens is 288 g/mol. The maximum Gasteiger partial charge on any atom is 0.191 e. The molecule has 0 bridgehead atoms. The summed E-state index contributed by atoms with van der Waals surface area (Å²) in [6.45, 7) is 8.53. The lowest BCUT2D eigenvalue weighted by Gasteiger charge is -2.16. The van der Waals surface area contributed by atoms with Crippen LogP contribution >= 0.6 is 0 Å². The normalized spacial score (nSPS) is 13.0. The first-order valence-corrected chi connectivity index (χ1v) is 8.01. The van der Waals surface area contributed by atoms with Gasteiger partial charge in [0.1, 0.15) is 18.7 Å². The molecule has 0 amide bonds. The summed E-state index contributed by atoms with van der Waals surface area (Å²) in [7, 11) is 1.87. The molecule has 0 radical (unpaired) electrons. The minimum atomic E-state index is 0.411. The predicted molar refractivity (Wildman–Crippen MR) is 93.4 cm³/mol. The first-order valence-electron chi connectivity index (χ1n) is 8.01. The Kier molecular flexibility index (Phi) is 6.14. The van der Waals surface area contributed by atoms with Crippen molar-refractivity contribution in [3.05, 3.63) is 47.5 Å². The van der Waals surface area contributed by atoms with E-state index in [1.54, 1.807) is 11.0 Å². The number of hydrogen-bond acceptors (Lipinski definition) is 3. The largest absolute Gasteiger partial charge is 0.357 e. The van der Waals surface area contributed by atoms with Crippen LogP contribution in [0.5, 0.6) is 0 Å². The Morgan fingerprint density at radius 2 is 2.00 bits per heavy atom. The summed E-state index contributed by atoms with van der Waals surface area (Å²) in [4.78, 5) is 8.76. The van der Waals surface area contributed by atoms with E-state index in [2.05, 4.69) is 70.7 Å². The second-order valence-electron chi connectivity index (χ2n) is 5.69. The first kappa shape index (κ1) is 17.0. The summed E-state index contributed by atoms with van der Waals surface area (Å²) < 4.78 is 1.74. The number of aromatic nitrogens is 3. The Hall–Kier alpha value is -2.37. The molecule has 0 saturated carbocycles. The van der Waals surface area contributed by atoms with Gasteiger partial charge in [-0.25, -0.2) is 9.98 Å². The van der Waals surface area contributed by atoms with Crippen molar-refractivity contribution < 1.29 is 0 Å². The minimum absolute atomic E-state index is 0.411. The van der Waals surface area contributed by atoms with Crippen molar-refractivity contribution in [3.8, 4) is 0 Å². The Morgan fingerprint density at radius 3 is 2.61 bits per heavy atom. The number of nitrogens with zero attached hydrogens (tertiary/aromatic N) is 4. The van der Waals surface area contributed by atoms with E-state index in [4.69, 9.17) is 0 Å². The molecule has 2 N–H and O–H groups in total. The van der Waals surface area contributed by atoms with Crippen LogP contribution in [0.3, 0.4) is 0 Å². The fourth-order valence-corrected chi connectivity index (χ4v) is 2.22. The second kappa shape index (κ2) is 8.31. The Bertz CT molecular complexity index is 629. The average Bonchev–Trinajstić information content (AvgIpc) is 2.95. The molecular formula is C17H26N6. The third-order valence-corrected chi connectivity index (χ3v) is 3.75. The third-order valence-electron chi connectivity index (χ3n) is 3.75. The van der Waals surface area contributed by atoms with Gasteiger partial charge in [0.15, 0.2) is 5.96 Å². The molecule has 1 unspecified atom stereocenters. The molecule has 0 spiro atoms. The maximum atomic E-state index is 4.57. The molecule has 0 fully saturated rings. The SMILES string of the molecule is CCNC(=NCc1ncnn1C)NCC(C)c1ccc(C)cc1. The van der Waals surface area contributed by atoms with Crippen molar-refractivity contribution in [1.82, 2.24) is 25.4 Å². The molecule has 0 aliphatic rings. The van der Waals surface area contributed by atoms with E-state index in [1.165, 1.54) is 11.1 Å². The van der Waals surface area contributed by atoms with Crippen molar-refractivity contribution >= 4 is 5.96 Å². The minimum Gasteiger partial charge on any atom is -0.357 e. The maximum absolute atomic E-state index is 4.57. The molecule has 2 rings (SSSR count). The van der Waals surface area contributed by atoms with E-state index in [1.807, 2.05) is 7.05 Å². The number of benzene rings is 1. The summed E-state index contributed by atoms with van der Waals surface area (Å²) in [5, 5.41) is 10.7. The predicted octanol–water partition coefficient (Wildman–Crippen LogP) is 1.98. The standard InChI is InChI=1S/C17H26N6/c1-5-18-17(20-11-16-21-12-22-23(16)4)19-10-14(3)15-8-6-13(2)7-9-15/h6-9,12,14H,5,10-11H2,1-4H3,(H2,18,19,20). The van der Waals surface area contributed by atoms with Crippen LogP contribution in [0.1, 0.15) is 36.7 Å². The first-order chi connectivity index (χ1) is 11.1. The van der Waals surface area contributed by atoms with E-state index in [-0.39, 0.29) is 0 Å². The van der Waals surface area contributed by atoms with Crippen molar-refractivity contribution in [1.29, 1.82) is 0 Å². The van der Waals surface area contributed by atoms with Crippen LogP contribution < -0.4 is 10.6 Å². The highest BCUT2D eigenvalue weighted by Gasteiger charge is 2.07. The average molecular weight is 314 g/mol. The lowest BCUT2D eigenvalue weighted by Crippen LogP contribution is -2.39. The molecule has 0 aliphatic heterocycles. The molecule has 1 aromatic carbocycles. The number of hydrogen-bond donors (Lipinski definition) is 2. The second-order valence-corrected chi connectivity index (χ2v) is 5.69. The van der Waals surface area contributed by atoms with Gasteiger partial charge >= 0.3 is 0 Å². The number of guanidine groups is 1. The van der Waals surface area contributed by atoms with E-state index in [9.17, 15) is 0 Å². The highest BCUT2D eigenvalue weighted by atomic mass is 15.3. The van der Waals surface area contributed by atoms with E-state index >= 15 is 0 Å². The number of aryl methyl sites for hydroxylation is 2. The number of aliphatic imine (C=N–C) groups is 1. The third kappa shape index (κ3) is 5.09. The molecule has 2 aromatic rings. The van der Waals surface area contributed by atoms with Crippen LogP contribution in [0.15, 0.2) is 35.6 Å². The molecule has 1 heterocycles. The Balaban J connectivity index is 1.93. The Morgan fingerprint density at radius 1 is 1.26 bits per heavy atom. The van der Waals surface area contributed by atoms with Crippen LogP contribution in [-0.2, 0) is 13.6 Å². The van der Waals surface area contributed by atoms with Crippen molar-refractivity contribution in [2.75, 3.05) is 13.1 Å². The van der Waals surface area contributed by atoms with E-state index in [0.29, 0.717) is 12.5 Å². The molecule has 0 saturated heterocycles. The monoisotopic (exact) mass is 314 g/mol. The number of nitrogens with one attached hydrogen (secondary N) is 2. The molecule has 6 nitrogen and oxygen atoms in total. The smallest absolute Gasteiger partial charge is 0.191 e. The lowest BCUT2D eigenvalue weighted by molar-refractivity contribution is 0.683. The quantitative estimate of drug-likeness (QED) is 0.632. The van der Waals surface area contributed by atoms with Crippen molar-refractivity contribution in [3.63, 3.8) is 0 Å². The van der Waals surface area contributed by atoms with Gasteiger partial charge in [-0.15, -0.1) is 0 Å². The zero-order valence-electron chi connectivity index (χ0n) is 14.4. The van der Waals surface area contributed by atoms with Gasteiger partial charge in [-0.1, -0.05) is 36.8 Å². The highest BCUT2D eigenvalue weighted by Crippen LogP contribution is 2.14. The number of rotatable bonds is 6. The Labute approximate surface area is 138 Å². The van der Waals surface area contributed by atoms with Gasteiger partial charge in [0, 0.05) is 20.1 Å². The summed E-state index contributed by atoms with van der Waals surface area (Å²) in [6.07, 6.45) is 1.55. The summed E-state index contributed by atoms with van der Waals surface area (Å²) in [6, 6.07) is 8.68. The molecule has 0 aliphatic carbocycles. The molecule has 1 atom stereocenters. The van der Waals surface area contributed by atoms with Crippen LogP contribution in [0.4, 0.5) is 0 Å². The molecule has 124 valence electrons. The van der Waals surface area contributed by atoms with Crippen molar-refractivity contribution in [2.45, 2.75) is 33.2 Å². The molecule has 23 heavy (non-hydrogen) atoms.